The summed E-state index contributed by atoms with van der Waals surface area (Å²) >= 11 is 0. The molecule has 0 bridgehead atoms. The van der Waals surface area contributed by atoms with E-state index in [1.807, 2.05) is 6.07 Å². The van der Waals surface area contributed by atoms with Gasteiger partial charge in [-0.2, -0.15) is 0 Å². The van der Waals surface area contributed by atoms with Crippen molar-refractivity contribution in [2.75, 3.05) is 30.4 Å². The standard InChI is InChI=1S/C11H19N3O2/c1-2-3-13-9-4-10(6-12-5-9)14-11(7-15)8-16/h4-6,11,13-16H,2-3,7-8H2,1H3. The monoisotopic (exact) mass is 225 g/mol. The molecule has 0 aromatic carbocycles. The fourth-order valence-corrected chi connectivity index (χ4v) is 1.27. The van der Waals surface area contributed by atoms with E-state index in [9.17, 15) is 0 Å². The first kappa shape index (κ1) is 12.7. The van der Waals surface area contributed by atoms with Crippen LogP contribution in [-0.2, 0) is 0 Å². The van der Waals surface area contributed by atoms with E-state index in [-0.39, 0.29) is 19.3 Å². The molecule has 0 aliphatic heterocycles. The van der Waals surface area contributed by atoms with Gasteiger partial charge in [-0.3, -0.25) is 4.98 Å². The van der Waals surface area contributed by atoms with Gasteiger partial charge in [0, 0.05) is 6.54 Å². The molecule has 0 radical (unpaired) electrons. The second-order valence-corrected chi connectivity index (χ2v) is 3.60. The van der Waals surface area contributed by atoms with Crippen LogP contribution >= 0.6 is 0 Å². The number of hydrogen-bond acceptors (Lipinski definition) is 5. The molecular formula is C11H19N3O2. The minimum Gasteiger partial charge on any atom is -0.394 e. The molecule has 5 heteroatoms. The number of nitrogens with zero attached hydrogens (tertiary/aromatic N) is 1. The molecule has 1 heterocycles. The van der Waals surface area contributed by atoms with Crippen molar-refractivity contribution in [1.29, 1.82) is 0 Å². The summed E-state index contributed by atoms with van der Waals surface area (Å²) < 4.78 is 0. The minimum absolute atomic E-state index is 0.108. The smallest absolute Gasteiger partial charge is 0.0723 e. The molecule has 0 aliphatic carbocycles. The molecular weight excluding hydrogens is 206 g/mol. The van der Waals surface area contributed by atoms with Gasteiger partial charge < -0.3 is 20.8 Å². The Hall–Kier alpha value is -1.33. The zero-order chi connectivity index (χ0) is 11.8. The Bertz CT molecular complexity index is 303. The van der Waals surface area contributed by atoms with Gasteiger partial charge in [-0.1, -0.05) is 6.92 Å². The van der Waals surface area contributed by atoms with Crippen molar-refractivity contribution >= 4 is 11.4 Å². The summed E-state index contributed by atoms with van der Waals surface area (Å²) in [6, 6.07) is 1.56. The lowest BCUT2D eigenvalue weighted by Gasteiger charge is -2.15. The predicted octanol–water partition coefficient (Wildman–Crippen LogP) is 0.669. The fraction of sp³-hybridized carbons (Fsp3) is 0.545. The third kappa shape index (κ3) is 4.04. The highest BCUT2D eigenvalue weighted by atomic mass is 16.3. The van der Waals surface area contributed by atoms with E-state index in [4.69, 9.17) is 10.2 Å². The van der Waals surface area contributed by atoms with Crippen molar-refractivity contribution in [3.63, 3.8) is 0 Å². The van der Waals surface area contributed by atoms with Gasteiger partial charge in [0.05, 0.1) is 43.0 Å². The first-order valence-corrected chi connectivity index (χ1v) is 5.47. The molecule has 0 spiro atoms. The van der Waals surface area contributed by atoms with Crippen molar-refractivity contribution in [3.05, 3.63) is 18.5 Å². The van der Waals surface area contributed by atoms with Crippen LogP contribution in [0.25, 0.3) is 0 Å². The van der Waals surface area contributed by atoms with Crippen LogP contribution in [0, 0.1) is 0 Å². The average molecular weight is 225 g/mol. The zero-order valence-electron chi connectivity index (χ0n) is 9.48. The Morgan fingerprint density at radius 1 is 1.25 bits per heavy atom. The molecule has 0 saturated carbocycles. The van der Waals surface area contributed by atoms with Gasteiger partial charge in [-0.15, -0.1) is 0 Å². The van der Waals surface area contributed by atoms with Crippen LogP contribution in [-0.4, -0.2) is 41.0 Å². The highest BCUT2D eigenvalue weighted by Gasteiger charge is 2.05. The maximum Gasteiger partial charge on any atom is 0.0723 e. The number of rotatable bonds is 7. The summed E-state index contributed by atoms with van der Waals surface area (Å²) in [6.45, 7) is 2.77. The van der Waals surface area contributed by atoms with Crippen molar-refractivity contribution in [3.8, 4) is 0 Å². The van der Waals surface area contributed by atoms with Gasteiger partial charge in [-0.05, 0) is 12.5 Å². The summed E-state index contributed by atoms with van der Waals surface area (Å²) in [6.07, 6.45) is 4.46. The third-order valence-electron chi connectivity index (χ3n) is 2.13. The summed E-state index contributed by atoms with van der Waals surface area (Å²) in [7, 11) is 0. The number of anilines is 2. The average Bonchev–Trinajstić information content (AvgIpc) is 2.34. The van der Waals surface area contributed by atoms with E-state index in [1.165, 1.54) is 0 Å². The number of pyridine rings is 1. The van der Waals surface area contributed by atoms with Gasteiger partial charge in [0.2, 0.25) is 0 Å². The SMILES string of the molecule is CCCNc1cncc(NC(CO)CO)c1. The summed E-state index contributed by atoms with van der Waals surface area (Å²) in [5.74, 6) is 0. The second-order valence-electron chi connectivity index (χ2n) is 3.60. The lowest BCUT2D eigenvalue weighted by Crippen LogP contribution is -2.27. The number of nitrogens with one attached hydrogen (secondary N) is 2. The van der Waals surface area contributed by atoms with Crippen molar-refractivity contribution in [2.45, 2.75) is 19.4 Å². The molecule has 16 heavy (non-hydrogen) atoms. The summed E-state index contributed by atoms with van der Waals surface area (Å²) in [4.78, 5) is 4.07. The van der Waals surface area contributed by atoms with Crippen molar-refractivity contribution in [2.24, 2.45) is 0 Å². The van der Waals surface area contributed by atoms with E-state index in [0.29, 0.717) is 0 Å². The summed E-state index contributed by atoms with van der Waals surface area (Å²) in [5.41, 5.74) is 1.72. The number of aliphatic hydroxyl groups excluding tert-OH is 2. The van der Waals surface area contributed by atoms with E-state index in [0.717, 1.165) is 24.3 Å². The topological polar surface area (TPSA) is 77.4 Å². The van der Waals surface area contributed by atoms with E-state index in [2.05, 4.69) is 22.5 Å². The van der Waals surface area contributed by atoms with Crippen LogP contribution in [0.3, 0.4) is 0 Å². The molecule has 1 aromatic rings. The molecule has 90 valence electrons. The van der Waals surface area contributed by atoms with Crippen LogP contribution in [0.4, 0.5) is 11.4 Å². The molecule has 0 aliphatic rings. The molecule has 1 aromatic heterocycles. The minimum atomic E-state index is -0.344. The molecule has 4 N–H and O–H groups in total. The Balaban J connectivity index is 2.59. The Kier molecular flexibility index (Phi) is 5.60. The fourth-order valence-electron chi connectivity index (χ4n) is 1.27. The maximum atomic E-state index is 8.94. The molecule has 1 rings (SSSR count). The summed E-state index contributed by atoms with van der Waals surface area (Å²) in [5, 5.41) is 24.1. The Morgan fingerprint density at radius 2 is 1.94 bits per heavy atom. The van der Waals surface area contributed by atoms with Crippen molar-refractivity contribution in [1.82, 2.24) is 4.98 Å². The zero-order valence-corrected chi connectivity index (χ0v) is 9.48. The molecule has 0 atom stereocenters. The van der Waals surface area contributed by atoms with Crippen LogP contribution in [0.5, 0.6) is 0 Å². The second kappa shape index (κ2) is 7.03. The molecule has 0 fully saturated rings. The van der Waals surface area contributed by atoms with Crippen LogP contribution in [0.2, 0.25) is 0 Å². The third-order valence-corrected chi connectivity index (χ3v) is 2.13. The number of hydrogen-bond donors (Lipinski definition) is 4. The molecule has 5 nitrogen and oxygen atoms in total. The highest BCUT2D eigenvalue weighted by Crippen LogP contribution is 2.13. The van der Waals surface area contributed by atoms with E-state index >= 15 is 0 Å². The van der Waals surface area contributed by atoms with Crippen LogP contribution in [0.15, 0.2) is 18.5 Å². The molecule has 0 unspecified atom stereocenters. The Morgan fingerprint density at radius 3 is 2.56 bits per heavy atom. The van der Waals surface area contributed by atoms with E-state index < -0.39 is 0 Å². The van der Waals surface area contributed by atoms with Gasteiger partial charge in [0.1, 0.15) is 0 Å². The predicted molar refractivity (Wildman–Crippen MR) is 64.6 cm³/mol. The van der Waals surface area contributed by atoms with Gasteiger partial charge >= 0.3 is 0 Å². The van der Waals surface area contributed by atoms with Gasteiger partial charge in [0.25, 0.3) is 0 Å². The van der Waals surface area contributed by atoms with Gasteiger partial charge in [0.15, 0.2) is 0 Å². The first-order valence-electron chi connectivity index (χ1n) is 5.47. The largest absolute Gasteiger partial charge is 0.394 e. The number of aliphatic hydroxyl groups is 2. The van der Waals surface area contributed by atoms with Crippen LogP contribution < -0.4 is 10.6 Å². The van der Waals surface area contributed by atoms with Gasteiger partial charge in [-0.25, -0.2) is 0 Å². The molecule has 0 saturated heterocycles. The lowest BCUT2D eigenvalue weighted by atomic mass is 10.3. The quantitative estimate of drug-likeness (QED) is 0.548. The normalized spacial score (nSPS) is 10.5. The van der Waals surface area contributed by atoms with E-state index in [1.54, 1.807) is 12.4 Å². The molecule has 0 amide bonds. The Labute approximate surface area is 95.5 Å². The maximum absolute atomic E-state index is 8.94. The van der Waals surface area contributed by atoms with Crippen molar-refractivity contribution < 1.29 is 10.2 Å². The first-order chi connectivity index (χ1) is 7.80. The highest BCUT2D eigenvalue weighted by molar-refractivity contribution is 5.54. The van der Waals surface area contributed by atoms with Crippen LogP contribution in [0.1, 0.15) is 13.3 Å². The lowest BCUT2D eigenvalue weighted by molar-refractivity contribution is 0.204. The number of aromatic nitrogens is 1.